The number of nitrogens with two attached hydrogens (primary N) is 1. The van der Waals surface area contributed by atoms with Crippen molar-refractivity contribution in [2.24, 2.45) is 5.73 Å². The maximum atomic E-state index is 13.0. The molecule has 1 unspecified atom stereocenters. The molecule has 0 aliphatic carbocycles. The van der Waals surface area contributed by atoms with Crippen LogP contribution in [0.25, 0.3) is 0 Å². The highest BCUT2D eigenvalue weighted by Gasteiger charge is 2.46. The summed E-state index contributed by atoms with van der Waals surface area (Å²) < 4.78 is 32.6. The molecule has 1 aromatic rings. The number of benzene rings is 1. The zero-order valence-electron chi connectivity index (χ0n) is 14.6. The van der Waals surface area contributed by atoms with Crippen LogP contribution < -0.4 is 21.1 Å². The van der Waals surface area contributed by atoms with E-state index in [1.54, 1.807) is 0 Å². The highest BCUT2D eigenvalue weighted by molar-refractivity contribution is 7.89. The van der Waals surface area contributed by atoms with Crippen molar-refractivity contribution < 1.29 is 22.7 Å². The van der Waals surface area contributed by atoms with Gasteiger partial charge in [-0.25, -0.2) is 13.2 Å². The van der Waals surface area contributed by atoms with Gasteiger partial charge in [-0.3, -0.25) is 10.1 Å². The summed E-state index contributed by atoms with van der Waals surface area (Å²) in [5.41, 5.74) is 4.70. The van der Waals surface area contributed by atoms with Crippen LogP contribution in [0.5, 0.6) is 5.75 Å². The lowest BCUT2D eigenvalue weighted by molar-refractivity contribution is -0.123. The third-order valence-corrected chi connectivity index (χ3v) is 6.79. The van der Waals surface area contributed by atoms with Crippen molar-refractivity contribution in [2.75, 3.05) is 20.2 Å². The minimum Gasteiger partial charge on any atom is -0.496 e. The van der Waals surface area contributed by atoms with Crippen molar-refractivity contribution in [1.29, 1.82) is 0 Å². The van der Waals surface area contributed by atoms with Crippen LogP contribution >= 0.6 is 0 Å². The molecule has 10 heteroatoms. The molecule has 1 atom stereocenters. The first-order chi connectivity index (χ1) is 12.2. The zero-order chi connectivity index (χ0) is 19.1. The number of carbonyl (C=O) groups excluding carboxylic acids is 2. The van der Waals surface area contributed by atoms with Crippen LogP contribution in [-0.2, 0) is 20.4 Å². The molecule has 4 N–H and O–H groups in total. The van der Waals surface area contributed by atoms with E-state index in [9.17, 15) is 18.0 Å². The van der Waals surface area contributed by atoms with Crippen LogP contribution in [0.2, 0.25) is 0 Å². The van der Waals surface area contributed by atoms with Gasteiger partial charge in [-0.05, 0) is 38.0 Å². The third kappa shape index (κ3) is 3.04. The van der Waals surface area contributed by atoms with Gasteiger partial charge in [0.2, 0.25) is 10.0 Å². The van der Waals surface area contributed by atoms with Crippen LogP contribution in [0.15, 0.2) is 23.1 Å². The maximum Gasteiger partial charge on any atom is 0.322 e. The number of nitrogens with zero attached hydrogens (tertiary/aromatic N) is 1. The Bertz CT molecular complexity index is 848. The largest absolute Gasteiger partial charge is 0.496 e. The lowest BCUT2D eigenvalue weighted by Gasteiger charge is -2.30. The van der Waals surface area contributed by atoms with Crippen molar-refractivity contribution >= 4 is 22.0 Å². The molecule has 0 radical (unpaired) electrons. The molecule has 9 nitrogen and oxygen atoms in total. The summed E-state index contributed by atoms with van der Waals surface area (Å²) in [5, 5.41) is 4.70. The average molecular weight is 382 g/mol. The van der Waals surface area contributed by atoms with Crippen LogP contribution in [0, 0.1) is 0 Å². The molecule has 2 aliphatic rings. The first-order valence-corrected chi connectivity index (χ1v) is 9.70. The Labute approximate surface area is 151 Å². The molecule has 0 aromatic heterocycles. The Hall–Kier alpha value is -2.17. The van der Waals surface area contributed by atoms with Crippen molar-refractivity contribution in [3.63, 3.8) is 0 Å². The summed E-state index contributed by atoms with van der Waals surface area (Å²) in [6.07, 6.45) is 1.19. The smallest absolute Gasteiger partial charge is 0.322 e. The fraction of sp³-hybridized carbons (Fsp3) is 0.500. The van der Waals surface area contributed by atoms with Crippen LogP contribution in [0.3, 0.4) is 0 Å². The van der Waals surface area contributed by atoms with E-state index in [4.69, 9.17) is 10.5 Å². The summed E-state index contributed by atoms with van der Waals surface area (Å²) in [5.74, 6) is -0.260. The predicted molar refractivity (Wildman–Crippen MR) is 93.0 cm³/mol. The molecule has 2 aliphatic heterocycles. The summed E-state index contributed by atoms with van der Waals surface area (Å²) in [7, 11) is -2.33. The molecular formula is C16H22N4O5S. The lowest BCUT2D eigenvalue weighted by atomic mass is 9.91. The van der Waals surface area contributed by atoms with Crippen LogP contribution in [0.4, 0.5) is 4.79 Å². The van der Waals surface area contributed by atoms with Gasteiger partial charge in [0, 0.05) is 24.7 Å². The minimum absolute atomic E-state index is 0.00388. The molecule has 0 bridgehead atoms. The van der Waals surface area contributed by atoms with Gasteiger partial charge in [0.1, 0.15) is 11.3 Å². The summed E-state index contributed by atoms with van der Waals surface area (Å²) in [6, 6.07) is 3.67. The fourth-order valence-corrected chi connectivity index (χ4v) is 4.73. The van der Waals surface area contributed by atoms with Gasteiger partial charge in [0.05, 0.1) is 12.0 Å². The van der Waals surface area contributed by atoms with Gasteiger partial charge in [-0.2, -0.15) is 4.31 Å². The van der Waals surface area contributed by atoms with Gasteiger partial charge >= 0.3 is 6.03 Å². The first kappa shape index (κ1) is 18.6. The maximum absolute atomic E-state index is 13.0. The Balaban J connectivity index is 2.03. The standard InChI is InChI=1S/C16H22N4O5S/c1-16(14(21)18-15(22)19-16)12-9-11(3-4-13(12)25-2)26(23,24)20-7-5-10(17)6-8-20/h3-4,9-10H,5-8,17H2,1-2H3,(H2,18,19,21,22). The summed E-state index contributed by atoms with van der Waals surface area (Å²) in [6.45, 7) is 2.19. The number of nitrogens with one attached hydrogen (secondary N) is 2. The van der Waals surface area contributed by atoms with E-state index in [2.05, 4.69) is 10.6 Å². The SMILES string of the molecule is COc1ccc(S(=O)(=O)N2CCC(N)CC2)cc1C1(C)NC(=O)NC1=O. The highest BCUT2D eigenvalue weighted by atomic mass is 32.2. The quantitative estimate of drug-likeness (QED) is 0.621. The number of rotatable bonds is 4. The normalized spacial score (nSPS) is 25.0. The van der Waals surface area contributed by atoms with Crippen molar-refractivity contribution in [3.05, 3.63) is 23.8 Å². The minimum atomic E-state index is -3.74. The van der Waals surface area contributed by atoms with Crippen molar-refractivity contribution in [2.45, 2.75) is 36.2 Å². The Morgan fingerprint density at radius 2 is 1.92 bits per heavy atom. The molecule has 2 saturated heterocycles. The molecule has 2 heterocycles. The fourth-order valence-electron chi connectivity index (χ4n) is 3.24. The van der Waals surface area contributed by atoms with Gasteiger partial charge in [-0.15, -0.1) is 0 Å². The van der Waals surface area contributed by atoms with Crippen LogP contribution in [-0.4, -0.2) is 50.9 Å². The average Bonchev–Trinajstić information content (AvgIpc) is 2.87. The van der Waals surface area contributed by atoms with E-state index in [1.165, 1.54) is 36.5 Å². The molecule has 2 fully saturated rings. The van der Waals surface area contributed by atoms with Crippen molar-refractivity contribution in [1.82, 2.24) is 14.9 Å². The lowest BCUT2D eigenvalue weighted by Crippen LogP contribution is -2.43. The second-order valence-corrected chi connectivity index (χ2v) is 8.57. The second-order valence-electron chi connectivity index (χ2n) is 6.64. The Morgan fingerprint density at radius 3 is 2.46 bits per heavy atom. The molecule has 3 amide bonds. The number of methoxy groups -OCH3 is 1. The molecule has 0 saturated carbocycles. The topological polar surface area (TPSA) is 131 Å². The van der Waals surface area contributed by atoms with Gasteiger partial charge in [0.15, 0.2) is 0 Å². The van der Waals surface area contributed by atoms with Crippen molar-refractivity contribution in [3.8, 4) is 5.75 Å². The molecule has 142 valence electrons. The third-order valence-electron chi connectivity index (χ3n) is 4.89. The number of imide groups is 1. The number of carbonyl (C=O) groups is 2. The van der Waals surface area contributed by atoms with E-state index in [0.29, 0.717) is 31.7 Å². The van der Waals surface area contributed by atoms with Gasteiger partial charge in [0.25, 0.3) is 5.91 Å². The monoisotopic (exact) mass is 382 g/mol. The summed E-state index contributed by atoms with van der Waals surface area (Å²) in [4.78, 5) is 23.9. The van der Waals surface area contributed by atoms with Gasteiger partial charge < -0.3 is 15.8 Å². The Kier molecular flexibility index (Phi) is 4.67. The van der Waals surface area contributed by atoms with E-state index in [-0.39, 0.29) is 16.5 Å². The van der Waals surface area contributed by atoms with Crippen LogP contribution in [0.1, 0.15) is 25.3 Å². The number of ether oxygens (including phenoxy) is 1. The summed E-state index contributed by atoms with van der Waals surface area (Å²) >= 11 is 0. The molecule has 3 rings (SSSR count). The molecular weight excluding hydrogens is 360 g/mol. The number of hydrogen-bond donors (Lipinski definition) is 3. The highest BCUT2D eigenvalue weighted by Crippen LogP contribution is 2.35. The van der Waals surface area contributed by atoms with Gasteiger partial charge in [-0.1, -0.05) is 0 Å². The number of piperidine rings is 1. The number of hydrogen-bond acceptors (Lipinski definition) is 6. The Morgan fingerprint density at radius 1 is 1.27 bits per heavy atom. The number of amides is 3. The number of urea groups is 1. The molecule has 1 aromatic carbocycles. The van der Waals surface area contributed by atoms with E-state index < -0.39 is 27.5 Å². The predicted octanol–water partition coefficient (Wildman–Crippen LogP) is -0.138. The second kappa shape index (κ2) is 6.53. The zero-order valence-corrected chi connectivity index (χ0v) is 15.4. The number of sulfonamides is 1. The van der Waals surface area contributed by atoms with E-state index >= 15 is 0 Å². The van der Waals surface area contributed by atoms with E-state index in [0.717, 1.165) is 0 Å². The molecule has 26 heavy (non-hydrogen) atoms. The van der Waals surface area contributed by atoms with E-state index in [1.807, 2.05) is 0 Å². The molecule has 0 spiro atoms. The first-order valence-electron chi connectivity index (χ1n) is 8.26.